The van der Waals surface area contributed by atoms with E-state index < -0.39 is 23.6 Å². The lowest BCUT2D eigenvalue weighted by molar-refractivity contribution is -0.137. The van der Waals surface area contributed by atoms with Gasteiger partial charge in [-0.1, -0.05) is 66.7 Å². The number of amides is 1. The van der Waals surface area contributed by atoms with Gasteiger partial charge in [-0.15, -0.1) is 0 Å². The van der Waals surface area contributed by atoms with Crippen molar-refractivity contribution in [1.29, 1.82) is 0 Å². The van der Waals surface area contributed by atoms with Crippen LogP contribution in [0.3, 0.4) is 0 Å². The fourth-order valence-corrected chi connectivity index (χ4v) is 4.00. The van der Waals surface area contributed by atoms with Crippen LogP contribution >= 0.6 is 0 Å². The van der Waals surface area contributed by atoms with Gasteiger partial charge in [-0.05, 0) is 28.8 Å². The number of hydrogen-bond donors (Lipinski definition) is 1. The molecule has 158 valence electrons. The van der Waals surface area contributed by atoms with Crippen LogP contribution in [0.5, 0.6) is 0 Å². The molecule has 6 heteroatoms. The molecule has 0 spiro atoms. The number of rotatable bonds is 6. The van der Waals surface area contributed by atoms with Crippen LogP contribution in [0.15, 0.2) is 85.1 Å². The van der Waals surface area contributed by atoms with E-state index in [1.54, 1.807) is 6.07 Å². The number of aromatic nitrogens is 1. The number of para-hydroxylation sites is 1. The highest BCUT2D eigenvalue weighted by Crippen LogP contribution is 2.37. The molecule has 31 heavy (non-hydrogen) atoms. The van der Waals surface area contributed by atoms with Gasteiger partial charge in [0, 0.05) is 36.0 Å². The third kappa shape index (κ3) is 4.48. The lowest BCUT2D eigenvalue weighted by atomic mass is 9.87. The molecule has 3 aromatic carbocycles. The van der Waals surface area contributed by atoms with Crippen molar-refractivity contribution in [2.75, 3.05) is 0 Å². The molecule has 0 saturated heterocycles. The lowest BCUT2D eigenvalue weighted by Crippen LogP contribution is -2.17. The summed E-state index contributed by atoms with van der Waals surface area (Å²) in [5.41, 5.74) is 8.00. The van der Waals surface area contributed by atoms with Gasteiger partial charge in [0.2, 0.25) is 5.91 Å². The summed E-state index contributed by atoms with van der Waals surface area (Å²) in [6.45, 7) is 0.604. The largest absolute Gasteiger partial charge is 0.416 e. The zero-order valence-electron chi connectivity index (χ0n) is 16.6. The zero-order chi connectivity index (χ0) is 22.0. The average molecular weight is 422 g/mol. The summed E-state index contributed by atoms with van der Waals surface area (Å²) < 4.78 is 42.0. The van der Waals surface area contributed by atoms with Crippen molar-refractivity contribution in [3.05, 3.63) is 107 Å². The van der Waals surface area contributed by atoms with Crippen molar-refractivity contribution in [2.45, 2.75) is 25.1 Å². The van der Waals surface area contributed by atoms with Gasteiger partial charge >= 0.3 is 6.18 Å². The SMILES string of the molecule is NC(=O)C[C@H](c1cccc(C(F)(F)F)c1)c1cn(Cc2ccccc2)c2ccccc12. The van der Waals surface area contributed by atoms with E-state index in [1.807, 2.05) is 60.8 Å². The molecule has 0 bridgehead atoms. The summed E-state index contributed by atoms with van der Waals surface area (Å²) in [5.74, 6) is -1.15. The van der Waals surface area contributed by atoms with E-state index in [-0.39, 0.29) is 6.42 Å². The summed E-state index contributed by atoms with van der Waals surface area (Å²) in [5, 5.41) is 0.891. The molecular weight excluding hydrogens is 401 g/mol. The van der Waals surface area contributed by atoms with Crippen molar-refractivity contribution < 1.29 is 18.0 Å². The molecule has 1 amide bonds. The number of benzene rings is 3. The van der Waals surface area contributed by atoms with Gasteiger partial charge in [-0.3, -0.25) is 4.79 Å². The summed E-state index contributed by atoms with van der Waals surface area (Å²) in [6, 6.07) is 22.7. The van der Waals surface area contributed by atoms with E-state index >= 15 is 0 Å². The van der Waals surface area contributed by atoms with Crippen molar-refractivity contribution in [1.82, 2.24) is 4.57 Å². The number of primary amides is 1. The molecular formula is C25H21F3N2O. The minimum atomic E-state index is -4.46. The van der Waals surface area contributed by atoms with Crippen molar-refractivity contribution >= 4 is 16.8 Å². The Kier molecular flexibility index (Phi) is 5.55. The average Bonchev–Trinajstić information content (AvgIpc) is 3.10. The Hall–Kier alpha value is -3.54. The number of carbonyl (C=O) groups is 1. The Morgan fingerprint density at radius 3 is 2.35 bits per heavy atom. The van der Waals surface area contributed by atoms with Gasteiger partial charge in [0.1, 0.15) is 0 Å². The summed E-state index contributed by atoms with van der Waals surface area (Å²) >= 11 is 0. The number of carbonyl (C=O) groups excluding carboxylic acids is 1. The number of nitrogens with zero attached hydrogens (tertiary/aromatic N) is 1. The van der Waals surface area contributed by atoms with E-state index in [1.165, 1.54) is 6.07 Å². The molecule has 0 unspecified atom stereocenters. The van der Waals surface area contributed by atoms with Crippen LogP contribution in [-0.4, -0.2) is 10.5 Å². The fraction of sp³-hybridized carbons (Fsp3) is 0.160. The quantitative estimate of drug-likeness (QED) is 0.425. The highest BCUT2D eigenvalue weighted by atomic mass is 19.4. The number of nitrogens with two attached hydrogens (primary N) is 1. The Morgan fingerprint density at radius 2 is 1.65 bits per heavy atom. The predicted molar refractivity (Wildman–Crippen MR) is 115 cm³/mol. The lowest BCUT2D eigenvalue weighted by Gasteiger charge is -2.17. The topological polar surface area (TPSA) is 48.0 Å². The van der Waals surface area contributed by atoms with E-state index in [4.69, 9.17) is 5.73 Å². The molecule has 0 radical (unpaired) electrons. The summed E-state index contributed by atoms with van der Waals surface area (Å²) in [4.78, 5) is 11.9. The first-order valence-corrected chi connectivity index (χ1v) is 9.90. The Bertz CT molecular complexity index is 1210. The second-order valence-electron chi connectivity index (χ2n) is 7.56. The Balaban J connectivity index is 1.84. The van der Waals surface area contributed by atoms with E-state index in [0.717, 1.165) is 34.2 Å². The third-order valence-corrected chi connectivity index (χ3v) is 5.41. The Labute approximate surface area is 177 Å². The number of fused-ring (bicyclic) bond motifs is 1. The van der Waals surface area contributed by atoms with Gasteiger partial charge < -0.3 is 10.3 Å². The normalized spacial score (nSPS) is 12.7. The van der Waals surface area contributed by atoms with Gasteiger partial charge in [-0.2, -0.15) is 13.2 Å². The summed E-state index contributed by atoms with van der Waals surface area (Å²) in [7, 11) is 0. The maximum Gasteiger partial charge on any atom is 0.416 e. The first-order chi connectivity index (χ1) is 14.8. The van der Waals surface area contributed by atoms with Crippen LogP contribution in [0.25, 0.3) is 10.9 Å². The standard InChI is InChI=1S/C25H21F3N2O/c26-25(27,28)19-10-6-9-18(13-19)21(14-24(29)31)22-16-30(15-17-7-2-1-3-8-17)23-12-5-4-11-20(22)23/h1-13,16,21H,14-15H2,(H2,29,31)/t21-/m1/s1. The smallest absolute Gasteiger partial charge is 0.370 e. The van der Waals surface area contributed by atoms with E-state index in [0.29, 0.717) is 12.1 Å². The fourth-order valence-electron chi connectivity index (χ4n) is 4.00. The summed E-state index contributed by atoms with van der Waals surface area (Å²) in [6.07, 6.45) is -2.62. The zero-order valence-corrected chi connectivity index (χ0v) is 16.6. The highest BCUT2D eigenvalue weighted by Gasteiger charge is 2.31. The van der Waals surface area contributed by atoms with Gasteiger partial charge in [-0.25, -0.2) is 0 Å². The first-order valence-electron chi connectivity index (χ1n) is 9.90. The number of hydrogen-bond acceptors (Lipinski definition) is 1. The Morgan fingerprint density at radius 1 is 0.935 bits per heavy atom. The molecule has 0 aliphatic rings. The van der Waals surface area contributed by atoms with Crippen LogP contribution in [0, 0.1) is 0 Å². The molecule has 1 heterocycles. The highest BCUT2D eigenvalue weighted by molar-refractivity contribution is 5.86. The molecule has 4 rings (SSSR count). The number of alkyl halides is 3. The van der Waals surface area contributed by atoms with Crippen LogP contribution < -0.4 is 5.73 Å². The molecule has 0 saturated carbocycles. The van der Waals surface area contributed by atoms with Gasteiger partial charge in [0.25, 0.3) is 0 Å². The van der Waals surface area contributed by atoms with Crippen LogP contribution in [0.2, 0.25) is 0 Å². The molecule has 3 nitrogen and oxygen atoms in total. The second kappa shape index (κ2) is 8.30. The minimum absolute atomic E-state index is 0.0827. The van der Waals surface area contributed by atoms with Crippen LogP contribution in [0.4, 0.5) is 13.2 Å². The van der Waals surface area contributed by atoms with Gasteiger partial charge in [0.15, 0.2) is 0 Å². The molecule has 4 aromatic rings. The molecule has 1 aromatic heterocycles. The second-order valence-corrected chi connectivity index (χ2v) is 7.56. The van der Waals surface area contributed by atoms with Crippen LogP contribution in [0.1, 0.15) is 34.6 Å². The van der Waals surface area contributed by atoms with E-state index in [9.17, 15) is 18.0 Å². The maximum atomic E-state index is 13.3. The predicted octanol–water partition coefficient (Wildman–Crippen LogP) is 5.72. The molecule has 0 fully saturated rings. The van der Waals surface area contributed by atoms with Gasteiger partial charge in [0.05, 0.1) is 5.56 Å². The van der Waals surface area contributed by atoms with E-state index in [2.05, 4.69) is 4.57 Å². The molecule has 1 atom stereocenters. The minimum Gasteiger partial charge on any atom is -0.370 e. The van der Waals surface area contributed by atoms with Crippen molar-refractivity contribution in [3.63, 3.8) is 0 Å². The maximum absolute atomic E-state index is 13.3. The van der Waals surface area contributed by atoms with Crippen molar-refractivity contribution in [3.8, 4) is 0 Å². The van der Waals surface area contributed by atoms with Crippen LogP contribution in [-0.2, 0) is 17.5 Å². The molecule has 0 aliphatic heterocycles. The molecule has 0 aliphatic carbocycles. The van der Waals surface area contributed by atoms with Crippen molar-refractivity contribution in [2.24, 2.45) is 5.73 Å². The number of halogens is 3. The third-order valence-electron chi connectivity index (χ3n) is 5.41. The first kappa shape index (κ1) is 20.7. The molecule has 2 N–H and O–H groups in total. The monoisotopic (exact) mass is 422 g/mol.